The lowest BCUT2D eigenvalue weighted by molar-refractivity contribution is -0.385. The van der Waals surface area contributed by atoms with E-state index in [1.165, 1.54) is 18.3 Å². The van der Waals surface area contributed by atoms with Crippen LogP contribution in [-0.4, -0.2) is 48.8 Å². The van der Waals surface area contributed by atoms with Crippen LogP contribution < -0.4 is 19.5 Å². The molecule has 10 nitrogen and oxygen atoms in total. The Labute approximate surface area is 180 Å². The molecule has 0 fully saturated rings. The van der Waals surface area contributed by atoms with E-state index < -0.39 is 10.9 Å². The van der Waals surface area contributed by atoms with Crippen molar-refractivity contribution in [1.29, 1.82) is 0 Å². The van der Waals surface area contributed by atoms with Gasteiger partial charge in [0.25, 0.3) is 5.69 Å². The predicted molar refractivity (Wildman–Crippen MR) is 114 cm³/mol. The second kappa shape index (κ2) is 12.2. The third-order valence-corrected chi connectivity index (χ3v) is 3.96. The summed E-state index contributed by atoms with van der Waals surface area (Å²) in [7, 11) is 0. The highest BCUT2D eigenvalue weighted by atomic mass is 16.6. The molecular formula is C21H27N3O7. The SMILES string of the molecule is CCOc1cc(C(=O)OCCCNc2ccc([N+](=O)[O-])cn2)cc(OCC)c1OCC. The van der Waals surface area contributed by atoms with Crippen LogP contribution >= 0.6 is 0 Å². The molecule has 0 saturated carbocycles. The number of esters is 1. The standard InChI is InChI=1S/C21H27N3O7/c1-4-28-17-12-15(13-18(29-5-2)20(17)30-6-3)21(25)31-11-7-10-22-19-9-8-16(14-23-19)24(26)27/h8-9,12-14H,4-7,10-11H2,1-3H3,(H,22,23). The number of hydrogen-bond acceptors (Lipinski definition) is 9. The fourth-order valence-corrected chi connectivity index (χ4v) is 2.64. The van der Waals surface area contributed by atoms with Crippen LogP contribution in [0.4, 0.5) is 11.5 Å². The van der Waals surface area contributed by atoms with Crippen LogP contribution in [0.5, 0.6) is 17.2 Å². The number of rotatable bonds is 13. The number of anilines is 1. The van der Waals surface area contributed by atoms with Crippen molar-refractivity contribution >= 4 is 17.5 Å². The molecule has 0 aliphatic rings. The van der Waals surface area contributed by atoms with E-state index in [2.05, 4.69) is 10.3 Å². The first-order valence-corrected chi connectivity index (χ1v) is 10.1. The van der Waals surface area contributed by atoms with Crippen LogP contribution in [0.2, 0.25) is 0 Å². The first-order chi connectivity index (χ1) is 15.0. The van der Waals surface area contributed by atoms with Gasteiger partial charge in [-0.05, 0) is 45.4 Å². The van der Waals surface area contributed by atoms with Gasteiger partial charge in [0.05, 0.1) is 36.9 Å². The summed E-state index contributed by atoms with van der Waals surface area (Å²) in [6.45, 7) is 7.45. The van der Waals surface area contributed by atoms with E-state index in [0.29, 0.717) is 61.4 Å². The van der Waals surface area contributed by atoms with E-state index in [1.807, 2.05) is 20.8 Å². The Kier molecular flexibility index (Phi) is 9.34. The summed E-state index contributed by atoms with van der Waals surface area (Å²) in [4.78, 5) is 26.6. The molecule has 0 radical (unpaired) electrons. The van der Waals surface area contributed by atoms with Gasteiger partial charge in [-0.15, -0.1) is 0 Å². The number of nitrogens with zero attached hydrogens (tertiary/aromatic N) is 2. The fraction of sp³-hybridized carbons (Fsp3) is 0.429. The zero-order chi connectivity index (χ0) is 22.6. The molecule has 0 aliphatic carbocycles. The molecule has 0 unspecified atom stereocenters. The molecule has 31 heavy (non-hydrogen) atoms. The minimum Gasteiger partial charge on any atom is -0.490 e. The van der Waals surface area contributed by atoms with E-state index in [1.54, 1.807) is 12.1 Å². The molecule has 2 rings (SSSR count). The number of pyridine rings is 1. The van der Waals surface area contributed by atoms with Crippen LogP contribution in [0.1, 0.15) is 37.6 Å². The molecule has 0 bridgehead atoms. The maximum Gasteiger partial charge on any atom is 0.338 e. The summed E-state index contributed by atoms with van der Waals surface area (Å²) in [5.74, 6) is 1.31. The quantitative estimate of drug-likeness (QED) is 0.217. The molecule has 1 N–H and O–H groups in total. The first kappa shape index (κ1) is 23.7. The summed E-state index contributed by atoms with van der Waals surface area (Å²) >= 11 is 0. The number of carbonyl (C=O) groups excluding carboxylic acids is 1. The second-order valence-electron chi connectivity index (χ2n) is 6.18. The number of benzene rings is 1. The van der Waals surface area contributed by atoms with E-state index >= 15 is 0 Å². The van der Waals surface area contributed by atoms with Crippen LogP contribution in [-0.2, 0) is 4.74 Å². The van der Waals surface area contributed by atoms with Crippen LogP contribution in [0.15, 0.2) is 30.5 Å². The minimum atomic E-state index is -0.509. The van der Waals surface area contributed by atoms with Crippen molar-refractivity contribution in [3.8, 4) is 17.2 Å². The Hall–Kier alpha value is -3.56. The molecule has 0 aliphatic heterocycles. The molecule has 0 saturated heterocycles. The lowest BCUT2D eigenvalue weighted by atomic mass is 10.2. The highest BCUT2D eigenvalue weighted by molar-refractivity contribution is 5.91. The molecule has 2 aromatic rings. The molecule has 1 aromatic heterocycles. The third-order valence-electron chi connectivity index (χ3n) is 3.96. The van der Waals surface area contributed by atoms with Crippen molar-refractivity contribution in [1.82, 2.24) is 4.98 Å². The number of ether oxygens (including phenoxy) is 4. The smallest absolute Gasteiger partial charge is 0.338 e. The maximum absolute atomic E-state index is 12.5. The van der Waals surface area contributed by atoms with E-state index in [0.717, 1.165) is 0 Å². The van der Waals surface area contributed by atoms with Gasteiger partial charge in [0, 0.05) is 12.6 Å². The first-order valence-electron chi connectivity index (χ1n) is 10.1. The van der Waals surface area contributed by atoms with Gasteiger partial charge in [-0.3, -0.25) is 10.1 Å². The normalized spacial score (nSPS) is 10.3. The van der Waals surface area contributed by atoms with Gasteiger partial charge in [0.1, 0.15) is 12.0 Å². The summed E-state index contributed by atoms with van der Waals surface area (Å²) < 4.78 is 22.2. The molecule has 0 spiro atoms. The van der Waals surface area contributed by atoms with Gasteiger partial charge in [0.15, 0.2) is 11.5 Å². The Balaban J connectivity index is 1.92. The number of nitro groups is 1. The molecule has 1 heterocycles. The van der Waals surface area contributed by atoms with Crippen molar-refractivity contribution in [3.63, 3.8) is 0 Å². The van der Waals surface area contributed by atoms with Crippen LogP contribution in [0.3, 0.4) is 0 Å². The Bertz CT molecular complexity index is 845. The Morgan fingerprint density at radius 2 is 1.71 bits per heavy atom. The zero-order valence-corrected chi connectivity index (χ0v) is 17.9. The van der Waals surface area contributed by atoms with Crippen LogP contribution in [0.25, 0.3) is 0 Å². The second-order valence-corrected chi connectivity index (χ2v) is 6.18. The average molecular weight is 433 g/mol. The molecule has 10 heteroatoms. The number of aromatic nitrogens is 1. The van der Waals surface area contributed by atoms with E-state index in [-0.39, 0.29) is 12.3 Å². The Morgan fingerprint density at radius 3 is 2.23 bits per heavy atom. The molecular weight excluding hydrogens is 406 g/mol. The maximum atomic E-state index is 12.5. The van der Waals surface area contributed by atoms with Gasteiger partial charge in [-0.2, -0.15) is 0 Å². The van der Waals surface area contributed by atoms with E-state index in [9.17, 15) is 14.9 Å². The molecule has 0 atom stereocenters. The summed E-state index contributed by atoms with van der Waals surface area (Å²) in [5.41, 5.74) is 0.230. The van der Waals surface area contributed by atoms with Gasteiger partial charge >= 0.3 is 5.97 Å². The lowest BCUT2D eigenvalue weighted by Gasteiger charge is -2.17. The predicted octanol–water partition coefficient (Wildman–Crippen LogP) is 3.84. The number of hydrogen-bond donors (Lipinski definition) is 1. The highest BCUT2D eigenvalue weighted by Crippen LogP contribution is 2.39. The lowest BCUT2D eigenvalue weighted by Crippen LogP contribution is -2.12. The highest BCUT2D eigenvalue weighted by Gasteiger charge is 2.19. The largest absolute Gasteiger partial charge is 0.490 e. The minimum absolute atomic E-state index is 0.0762. The average Bonchev–Trinajstić information content (AvgIpc) is 2.76. The van der Waals surface area contributed by atoms with Gasteiger partial charge in [-0.25, -0.2) is 9.78 Å². The number of carbonyl (C=O) groups is 1. The number of nitrogens with one attached hydrogen (secondary N) is 1. The van der Waals surface area contributed by atoms with Gasteiger partial charge in [-0.1, -0.05) is 0 Å². The van der Waals surface area contributed by atoms with Crippen molar-refractivity contribution in [2.45, 2.75) is 27.2 Å². The summed E-state index contributed by atoms with van der Waals surface area (Å²) in [5, 5.41) is 13.6. The summed E-state index contributed by atoms with van der Waals surface area (Å²) in [6.07, 6.45) is 1.71. The van der Waals surface area contributed by atoms with Crippen LogP contribution in [0, 0.1) is 10.1 Å². The molecule has 168 valence electrons. The third kappa shape index (κ3) is 7.02. The van der Waals surface area contributed by atoms with E-state index in [4.69, 9.17) is 18.9 Å². The van der Waals surface area contributed by atoms with Gasteiger partial charge < -0.3 is 24.3 Å². The fourth-order valence-electron chi connectivity index (χ4n) is 2.64. The zero-order valence-electron chi connectivity index (χ0n) is 17.9. The van der Waals surface area contributed by atoms with Gasteiger partial charge in [0.2, 0.25) is 5.75 Å². The van der Waals surface area contributed by atoms with Crippen molar-refractivity contribution < 1.29 is 28.7 Å². The Morgan fingerprint density at radius 1 is 1.06 bits per heavy atom. The van der Waals surface area contributed by atoms with Crippen molar-refractivity contribution in [2.24, 2.45) is 0 Å². The summed E-state index contributed by atoms with van der Waals surface area (Å²) in [6, 6.07) is 6.05. The van der Waals surface area contributed by atoms with Crippen molar-refractivity contribution in [2.75, 3.05) is 38.3 Å². The van der Waals surface area contributed by atoms with Crippen molar-refractivity contribution in [3.05, 3.63) is 46.1 Å². The molecule has 1 aromatic carbocycles. The topological polar surface area (TPSA) is 122 Å². The monoisotopic (exact) mass is 433 g/mol. The molecule has 0 amide bonds.